The number of rotatable bonds is 6. The molecule has 1 fully saturated rings. The molecule has 0 unspecified atom stereocenters. The number of likely N-dealkylation sites (tertiary alicyclic amines) is 1. The molecule has 1 aliphatic rings. The van der Waals surface area contributed by atoms with Gasteiger partial charge in [-0.3, -0.25) is 19.2 Å². The fraction of sp³-hybridized carbons (Fsp3) is 0.722. The highest BCUT2D eigenvalue weighted by molar-refractivity contribution is 5.92. The minimum atomic E-state index is -0.703. The van der Waals surface area contributed by atoms with Crippen LogP contribution in [-0.4, -0.2) is 82.4 Å². The summed E-state index contributed by atoms with van der Waals surface area (Å²) >= 11 is 0. The minimum absolute atomic E-state index is 0.00672. The molecule has 2 amide bonds. The van der Waals surface area contributed by atoms with E-state index in [0.717, 1.165) is 12.1 Å². The van der Waals surface area contributed by atoms with E-state index < -0.39 is 6.10 Å². The number of aliphatic hydroxyl groups excluding tert-OH is 1. The Hall–Kier alpha value is -1.93. The highest BCUT2D eigenvalue weighted by Gasteiger charge is 2.30. The Morgan fingerprint density at radius 2 is 2.12 bits per heavy atom. The lowest BCUT2D eigenvalue weighted by Crippen LogP contribution is -2.55. The molecule has 0 bridgehead atoms. The fourth-order valence-corrected chi connectivity index (χ4v) is 3.14. The molecule has 1 aromatic rings. The lowest BCUT2D eigenvalue weighted by molar-refractivity contribution is -0.130. The molecular weight excluding hydrogens is 334 g/mol. The first-order valence-corrected chi connectivity index (χ1v) is 9.11. The van der Waals surface area contributed by atoms with E-state index in [0.29, 0.717) is 31.1 Å². The van der Waals surface area contributed by atoms with Crippen LogP contribution in [0.1, 0.15) is 36.5 Å². The minimum Gasteiger partial charge on any atom is -0.390 e. The molecule has 2 N–H and O–H groups in total. The summed E-state index contributed by atoms with van der Waals surface area (Å²) in [6.45, 7) is 5.53. The smallest absolute Gasteiger partial charge is 0.269 e. The van der Waals surface area contributed by atoms with Gasteiger partial charge in [-0.25, -0.2) is 0 Å². The molecular formula is C18H31N5O3. The van der Waals surface area contributed by atoms with Gasteiger partial charge in [0.05, 0.1) is 24.4 Å². The quantitative estimate of drug-likeness (QED) is 0.733. The Balaban J connectivity index is 1.92. The van der Waals surface area contributed by atoms with E-state index in [1.807, 2.05) is 11.0 Å². The lowest BCUT2D eigenvalue weighted by Gasteiger charge is -2.36. The van der Waals surface area contributed by atoms with Crippen molar-refractivity contribution in [1.29, 1.82) is 0 Å². The summed E-state index contributed by atoms with van der Waals surface area (Å²) in [4.78, 5) is 27.8. The number of piperidine rings is 1. The topological polar surface area (TPSA) is 90.7 Å². The number of aliphatic hydroxyl groups is 1. The van der Waals surface area contributed by atoms with Crippen LogP contribution in [0.15, 0.2) is 6.07 Å². The second-order valence-electron chi connectivity index (χ2n) is 7.70. The molecule has 8 heteroatoms. The molecule has 26 heavy (non-hydrogen) atoms. The third kappa shape index (κ3) is 5.28. The van der Waals surface area contributed by atoms with E-state index in [2.05, 4.69) is 24.3 Å². The molecule has 0 radical (unpaired) electrons. The first-order valence-electron chi connectivity index (χ1n) is 9.11. The van der Waals surface area contributed by atoms with E-state index in [1.54, 1.807) is 25.8 Å². The largest absolute Gasteiger partial charge is 0.390 e. The van der Waals surface area contributed by atoms with Crippen molar-refractivity contribution in [1.82, 2.24) is 24.9 Å². The van der Waals surface area contributed by atoms with Gasteiger partial charge in [0, 0.05) is 34.2 Å². The van der Waals surface area contributed by atoms with E-state index in [1.165, 1.54) is 4.90 Å². The Morgan fingerprint density at radius 1 is 1.42 bits per heavy atom. The number of hydrogen-bond acceptors (Lipinski definition) is 5. The van der Waals surface area contributed by atoms with Crippen LogP contribution in [0.3, 0.4) is 0 Å². The Bertz CT molecular complexity index is 641. The number of aromatic nitrogens is 2. The van der Waals surface area contributed by atoms with Crippen molar-refractivity contribution in [2.75, 3.05) is 33.7 Å². The highest BCUT2D eigenvalue weighted by Crippen LogP contribution is 2.14. The molecule has 2 heterocycles. The number of hydrogen-bond donors (Lipinski definition) is 2. The third-order valence-corrected chi connectivity index (χ3v) is 4.62. The summed E-state index contributed by atoms with van der Waals surface area (Å²) in [5.41, 5.74) is 1.39. The van der Waals surface area contributed by atoms with Gasteiger partial charge in [0.2, 0.25) is 5.91 Å². The average molecular weight is 365 g/mol. The summed E-state index contributed by atoms with van der Waals surface area (Å²) in [6.07, 6.45) is 0.720. The number of nitrogens with zero attached hydrogens (tertiary/aromatic N) is 4. The van der Waals surface area contributed by atoms with Crippen LogP contribution in [0.2, 0.25) is 0 Å². The monoisotopic (exact) mass is 365 g/mol. The summed E-state index contributed by atoms with van der Waals surface area (Å²) in [7, 11) is 5.19. The summed E-state index contributed by atoms with van der Waals surface area (Å²) in [5, 5.41) is 17.7. The van der Waals surface area contributed by atoms with Crippen LogP contribution < -0.4 is 5.32 Å². The van der Waals surface area contributed by atoms with Gasteiger partial charge in [-0.2, -0.15) is 5.10 Å². The first-order chi connectivity index (χ1) is 12.2. The van der Waals surface area contributed by atoms with Gasteiger partial charge in [0.25, 0.3) is 5.91 Å². The molecule has 0 saturated carbocycles. The molecule has 0 aliphatic carbocycles. The van der Waals surface area contributed by atoms with Crippen LogP contribution in [0.25, 0.3) is 0 Å². The van der Waals surface area contributed by atoms with Gasteiger partial charge in [0.15, 0.2) is 0 Å². The van der Waals surface area contributed by atoms with Crippen molar-refractivity contribution < 1.29 is 14.7 Å². The van der Waals surface area contributed by atoms with Gasteiger partial charge >= 0.3 is 0 Å². The van der Waals surface area contributed by atoms with Crippen molar-refractivity contribution in [2.24, 2.45) is 13.0 Å². The Kier molecular flexibility index (Phi) is 6.77. The van der Waals surface area contributed by atoms with E-state index in [9.17, 15) is 14.7 Å². The second kappa shape index (κ2) is 8.64. The highest BCUT2D eigenvalue weighted by atomic mass is 16.3. The number of nitrogens with one attached hydrogen (secondary N) is 1. The molecule has 2 rings (SSSR count). The van der Waals surface area contributed by atoms with E-state index in [4.69, 9.17) is 0 Å². The van der Waals surface area contributed by atoms with Crippen molar-refractivity contribution in [3.8, 4) is 0 Å². The van der Waals surface area contributed by atoms with Crippen molar-refractivity contribution in [3.63, 3.8) is 0 Å². The predicted molar refractivity (Wildman–Crippen MR) is 98.8 cm³/mol. The second-order valence-corrected chi connectivity index (χ2v) is 7.70. The zero-order chi connectivity index (χ0) is 19.4. The van der Waals surface area contributed by atoms with E-state index in [-0.39, 0.29) is 24.4 Å². The molecule has 0 aromatic carbocycles. The first kappa shape index (κ1) is 20.4. The number of carbonyl (C=O) groups is 2. The molecule has 1 saturated heterocycles. The molecule has 146 valence electrons. The van der Waals surface area contributed by atoms with Crippen LogP contribution in [0.5, 0.6) is 0 Å². The number of carbonyl (C=O) groups excluding carboxylic acids is 2. The van der Waals surface area contributed by atoms with Gasteiger partial charge in [0.1, 0.15) is 5.69 Å². The lowest BCUT2D eigenvalue weighted by atomic mass is 10.0. The Labute approximate surface area is 155 Å². The normalized spacial score (nSPS) is 21.0. The molecule has 1 aliphatic heterocycles. The maximum absolute atomic E-state index is 12.6. The maximum atomic E-state index is 12.6. The number of likely N-dealkylation sites (N-methyl/N-ethyl adjacent to an activating group) is 1. The predicted octanol–water partition coefficient (Wildman–Crippen LogP) is -0.128. The fourth-order valence-electron chi connectivity index (χ4n) is 3.14. The number of aryl methyl sites for hydroxylation is 1. The van der Waals surface area contributed by atoms with Crippen molar-refractivity contribution in [3.05, 3.63) is 17.5 Å². The summed E-state index contributed by atoms with van der Waals surface area (Å²) < 4.78 is 1.59. The van der Waals surface area contributed by atoms with Crippen LogP contribution >= 0.6 is 0 Å². The summed E-state index contributed by atoms with van der Waals surface area (Å²) in [5.74, 6) is 0.251. The van der Waals surface area contributed by atoms with Gasteiger partial charge in [-0.1, -0.05) is 13.8 Å². The number of β-amino-alcohol motifs (C(OH)–C–C–N with tert-alkyl or cyclic N) is 1. The van der Waals surface area contributed by atoms with Crippen molar-refractivity contribution in [2.45, 2.75) is 38.8 Å². The third-order valence-electron chi connectivity index (χ3n) is 4.62. The average Bonchev–Trinajstić information content (AvgIpc) is 2.89. The molecule has 2 atom stereocenters. The number of amides is 2. The van der Waals surface area contributed by atoms with Crippen LogP contribution in [-0.2, 0) is 18.3 Å². The maximum Gasteiger partial charge on any atom is 0.269 e. The molecule has 0 spiro atoms. The van der Waals surface area contributed by atoms with Gasteiger partial charge in [-0.15, -0.1) is 0 Å². The van der Waals surface area contributed by atoms with Crippen molar-refractivity contribution >= 4 is 11.8 Å². The van der Waals surface area contributed by atoms with Crippen LogP contribution in [0.4, 0.5) is 0 Å². The SMILES string of the molecule is CC(C)Cc1cc(C(=O)N[C@@H]2CCN(CC(=O)N(C)C)C[C@H]2O)n(C)n1. The zero-order valence-electron chi connectivity index (χ0n) is 16.4. The van der Waals surface area contributed by atoms with Gasteiger partial charge < -0.3 is 15.3 Å². The van der Waals surface area contributed by atoms with Crippen LogP contribution in [0, 0.1) is 5.92 Å². The molecule has 8 nitrogen and oxygen atoms in total. The van der Waals surface area contributed by atoms with E-state index >= 15 is 0 Å². The zero-order valence-corrected chi connectivity index (χ0v) is 16.4. The standard InChI is InChI=1S/C18H31N5O3/c1-12(2)8-13-9-15(22(5)20-13)18(26)19-14-6-7-23(10-16(14)24)11-17(25)21(3)4/h9,12,14,16,24H,6-8,10-11H2,1-5H3,(H,19,26)/t14-,16-/m1/s1. The Morgan fingerprint density at radius 3 is 2.69 bits per heavy atom. The summed E-state index contributed by atoms with van der Waals surface area (Å²) in [6, 6.07) is 1.49. The van der Waals surface area contributed by atoms with Gasteiger partial charge in [-0.05, 0) is 24.8 Å². The molecule has 1 aromatic heterocycles.